The fourth-order valence-electron chi connectivity index (χ4n) is 0.898. The van der Waals surface area contributed by atoms with Gasteiger partial charge in [0.1, 0.15) is 7.28 Å². The van der Waals surface area contributed by atoms with Gasteiger partial charge in [-0.3, -0.25) is 0 Å². The molecule has 1 aliphatic carbocycles. The molecule has 0 aromatic heterocycles. The van der Waals surface area contributed by atoms with E-state index in [-0.39, 0.29) is 47.6 Å². The Morgan fingerprint density at radius 3 is 1.21 bits per heavy atom. The van der Waals surface area contributed by atoms with Crippen molar-refractivity contribution in [2.45, 2.75) is 74.5 Å². The monoisotopic (exact) mass is 275 g/mol. The average Bonchev–Trinajstić information content (AvgIpc) is 2.12. The van der Waals surface area contributed by atoms with Gasteiger partial charge in [-0.1, -0.05) is 61.6 Å². The number of rotatable bonds is 0. The number of hydrogen-bond acceptors (Lipinski definition) is 0. The van der Waals surface area contributed by atoms with Gasteiger partial charge in [-0.25, -0.2) is 0 Å². The smallest absolute Gasteiger partial charge is 0.102 e. The van der Waals surface area contributed by atoms with Gasteiger partial charge in [0.05, 0.1) is 0 Å². The quantitative estimate of drug-likeness (QED) is 0.419. The largest absolute Gasteiger partial charge is 0.328 e. The van der Waals surface area contributed by atoms with Gasteiger partial charge in [0.2, 0.25) is 0 Å². The summed E-state index contributed by atoms with van der Waals surface area (Å²) >= 11 is 0. The maximum absolute atomic E-state index is 2.39. The zero-order valence-corrected chi connectivity index (χ0v) is 12.1. The Balaban J connectivity index is -0.0000000305. The summed E-state index contributed by atoms with van der Waals surface area (Å²) in [7, 11) is 2.00. The van der Waals surface area contributed by atoms with E-state index < -0.39 is 0 Å². The molecule has 0 spiro atoms. The maximum atomic E-state index is 2.39. The molecule has 1 fully saturated rings. The molecule has 0 unspecified atom stereocenters. The molecule has 2 heteroatoms. The van der Waals surface area contributed by atoms with Crippen molar-refractivity contribution in [1.82, 2.24) is 0 Å². The van der Waals surface area contributed by atoms with Crippen molar-refractivity contribution >= 4 is 7.28 Å². The van der Waals surface area contributed by atoms with E-state index >= 15 is 0 Å². The third kappa shape index (κ3) is 37.9. The predicted octanol–water partition coefficient (Wildman–Crippen LogP) is 5.24. The normalized spacial score (nSPS) is 11.7. The standard InChI is InChI=1S/C6H11.C2H6B.C2H6.2CH4.Y/c1-2-4-6-5-3-1;1-3-2;1-2;;;/h1H,2-6H2;1-2H3;1-2H3;2*1H4;/q-1;;;;;. The first-order valence-electron chi connectivity index (χ1n) is 4.97. The zero-order valence-electron chi connectivity index (χ0n) is 9.27. The van der Waals surface area contributed by atoms with Gasteiger partial charge in [0.25, 0.3) is 0 Å². The first-order valence-corrected chi connectivity index (χ1v) is 4.97. The molecule has 0 atom stereocenters. The summed E-state index contributed by atoms with van der Waals surface area (Å²) in [6.45, 7) is 8.00. The summed E-state index contributed by atoms with van der Waals surface area (Å²) in [6.07, 6.45) is 9.50. The van der Waals surface area contributed by atoms with E-state index in [2.05, 4.69) is 6.42 Å². The molecule has 1 aliphatic rings. The van der Waals surface area contributed by atoms with Crippen molar-refractivity contribution in [3.8, 4) is 0 Å². The van der Waals surface area contributed by atoms with Crippen LogP contribution in [0.5, 0.6) is 0 Å². The van der Waals surface area contributed by atoms with Crippen molar-refractivity contribution in [1.29, 1.82) is 0 Å². The average molecular weight is 275 g/mol. The van der Waals surface area contributed by atoms with Gasteiger partial charge in [0.15, 0.2) is 0 Å². The van der Waals surface area contributed by atoms with Crippen LogP contribution in [0.15, 0.2) is 0 Å². The van der Waals surface area contributed by atoms with Crippen LogP contribution in [-0.4, -0.2) is 7.28 Å². The summed E-state index contributed by atoms with van der Waals surface area (Å²) in [6, 6.07) is 0. The molecule has 1 rings (SSSR count). The summed E-state index contributed by atoms with van der Waals surface area (Å²) in [5, 5.41) is 0. The second-order valence-electron chi connectivity index (χ2n) is 2.50. The molecule has 0 N–H and O–H groups in total. The Hall–Kier alpha value is 1.17. The van der Waals surface area contributed by atoms with Gasteiger partial charge in [0, 0.05) is 32.7 Å². The van der Waals surface area contributed by atoms with Crippen LogP contribution in [0.3, 0.4) is 0 Å². The van der Waals surface area contributed by atoms with Crippen molar-refractivity contribution < 1.29 is 32.7 Å². The van der Waals surface area contributed by atoms with E-state index in [1.54, 1.807) is 0 Å². The Kier molecular flexibility index (Phi) is 77.5. The van der Waals surface area contributed by atoms with Gasteiger partial charge in [-0.15, -0.1) is 0 Å². The fraction of sp³-hybridized carbons (Fsp3) is 0.917. The Bertz CT molecular complexity index is 34.1. The summed E-state index contributed by atoms with van der Waals surface area (Å²) in [5.74, 6) is 0. The van der Waals surface area contributed by atoms with Crippen molar-refractivity contribution in [3.05, 3.63) is 6.42 Å². The predicted molar refractivity (Wildman–Crippen MR) is 69.7 cm³/mol. The van der Waals surface area contributed by atoms with E-state index in [1.807, 2.05) is 34.8 Å². The number of hydrogen-bond donors (Lipinski definition) is 0. The molecule has 0 amide bonds. The summed E-state index contributed by atoms with van der Waals surface area (Å²) in [4.78, 5) is 0. The Labute approximate surface area is 120 Å². The molecule has 86 valence electrons. The van der Waals surface area contributed by atoms with Crippen LogP contribution in [0.1, 0.15) is 60.8 Å². The third-order valence-electron chi connectivity index (χ3n) is 1.32. The molecule has 0 nitrogen and oxygen atoms in total. The first-order chi connectivity index (χ1) is 5.41. The van der Waals surface area contributed by atoms with E-state index in [4.69, 9.17) is 0 Å². The SMILES string of the molecule is C.C.CC.C[B]C.[CH-]1CCCCC1.[Y]. The van der Waals surface area contributed by atoms with E-state index in [0.717, 1.165) is 0 Å². The Morgan fingerprint density at radius 2 is 1.14 bits per heavy atom. The van der Waals surface area contributed by atoms with Crippen LogP contribution in [-0.2, 0) is 32.7 Å². The van der Waals surface area contributed by atoms with Crippen LogP contribution >= 0.6 is 0 Å². The molecule has 2 radical (unpaired) electrons. The molecule has 0 bridgehead atoms. The zero-order chi connectivity index (χ0) is 8.95. The van der Waals surface area contributed by atoms with E-state index in [0.29, 0.717) is 0 Å². The molecule has 0 heterocycles. The van der Waals surface area contributed by atoms with Crippen LogP contribution in [0.4, 0.5) is 0 Å². The fourth-order valence-corrected chi connectivity index (χ4v) is 0.898. The van der Waals surface area contributed by atoms with Crippen molar-refractivity contribution in [2.24, 2.45) is 0 Å². The Morgan fingerprint density at radius 1 is 0.857 bits per heavy atom. The third-order valence-corrected chi connectivity index (χ3v) is 1.32. The minimum absolute atomic E-state index is 0. The van der Waals surface area contributed by atoms with Gasteiger partial charge in [-0.05, 0) is 0 Å². The van der Waals surface area contributed by atoms with Crippen LogP contribution in [0, 0.1) is 6.42 Å². The van der Waals surface area contributed by atoms with Crippen molar-refractivity contribution in [2.75, 3.05) is 0 Å². The second-order valence-corrected chi connectivity index (χ2v) is 2.50. The molecular formula is C12H31BY-. The summed E-state index contributed by atoms with van der Waals surface area (Å²) in [5.41, 5.74) is 0. The maximum Gasteiger partial charge on any atom is 0.102 e. The van der Waals surface area contributed by atoms with Gasteiger partial charge >= 0.3 is 0 Å². The van der Waals surface area contributed by atoms with E-state index in [9.17, 15) is 0 Å². The van der Waals surface area contributed by atoms with Gasteiger partial charge < -0.3 is 6.42 Å². The van der Waals surface area contributed by atoms with Gasteiger partial charge in [-0.2, -0.15) is 12.8 Å². The molecule has 0 saturated heterocycles. The minimum atomic E-state index is 0. The van der Waals surface area contributed by atoms with E-state index in [1.165, 1.54) is 32.1 Å². The molecule has 0 aliphatic heterocycles. The molecule has 1 saturated carbocycles. The second kappa shape index (κ2) is 36.8. The topological polar surface area (TPSA) is 0 Å². The van der Waals surface area contributed by atoms with Crippen LogP contribution in [0.2, 0.25) is 13.6 Å². The minimum Gasteiger partial charge on any atom is -0.328 e. The van der Waals surface area contributed by atoms with Crippen molar-refractivity contribution in [3.63, 3.8) is 0 Å². The molecule has 14 heavy (non-hydrogen) atoms. The first kappa shape index (κ1) is 29.4. The molecule has 0 aromatic carbocycles. The molecule has 0 aromatic rings. The summed E-state index contributed by atoms with van der Waals surface area (Å²) < 4.78 is 0. The van der Waals surface area contributed by atoms with Crippen LogP contribution < -0.4 is 0 Å². The van der Waals surface area contributed by atoms with Crippen LogP contribution in [0.25, 0.3) is 0 Å². The molecular weight excluding hydrogens is 244 g/mol.